The number of aryl methyl sites for hydroxylation is 1. The lowest BCUT2D eigenvalue weighted by molar-refractivity contribution is 0.800. The van der Waals surface area contributed by atoms with Crippen molar-refractivity contribution in [2.45, 2.75) is 18.3 Å². The lowest BCUT2D eigenvalue weighted by atomic mass is 10.1. The number of benzene rings is 3. The van der Waals surface area contributed by atoms with Gasteiger partial charge in [-0.25, -0.2) is 4.98 Å². The van der Waals surface area contributed by atoms with E-state index < -0.39 is 0 Å². The Morgan fingerprint density at radius 3 is 2.48 bits per heavy atom. The zero-order chi connectivity index (χ0) is 18.0. The van der Waals surface area contributed by atoms with E-state index in [0.29, 0.717) is 11.8 Å². The zero-order valence-corrected chi connectivity index (χ0v) is 15.1. The molecule has 0 aliphatic heterocycles. The molecule has 0 amide bonds. The molecule has 5 aromatic rings. The molecule has 27 heavy (non-hydrogen) atoms. The number of rotatable bonds is 2. The van der Waals surface area contributed by atoms with Crippen LogP contribution in [-0.2, 0) is 7.05 Å². The first-order chi connectivity index (χ1) is 13.3. The Balaban J connectivity index is 1.43. The highest BCUT2D eigenvalue weighted by Gasteiger charge is 2.43. The summed E-state index contributed by atoms with van der Waals surface area (Å²) in [5, 5.41) is 3.68. The van der Waals surface area contributed by atoms with Crippen molar-refractivity contribution in [3.05, 3.63) is 84.3 Å². The molecule has 3 aromatic carbocycles. The summed E-state index contributed by atoms with van der Waals surface area (Å²) in [5.41, 5.74) is 4.59. The van der Waals surface area contributed by atoms with Gasteiger partial charge in [0, 0.05) is 35.3 Å². The van der Waals surface area contributed by atoms with Crippen LogP contribution in [0.1, 0.15) is 29.8 Å². The molecule has 0 bridgehead atoms. The van der Waals surface area contributed by atoms with Crippen LogP contribution in [0, 0.1) is 0 Å². The van der Waals surface area contributed by atoms with Crippen LogP contribution in [0.15, 0.2) is 72.8 Å². The van der Waals surface area contributed by atoms with Crippen molar-refractivity contribution in [1.29, 1.82) is 0 Å². The fourth-order valence-corrected chi connectivity index (χ4v) is 4.37. The number of imidazole rings is 1. The number of nitrogens with zero attached hydrogens (tertiary/aromatic N) is 3. The number of hydrogen-bond acceptors (Lipinski definition) is 2. The van der Waals surface area contributed by atoms with Gasteiger partial charge < -0.3 is 4.57 Å². The quantitative estimate of drug-likeness (QED) is 0.418. The molecule has 0 saturated heterocycles. The second-order valence-corrected chi connectivity index (χ2v) is 7.56. The molecule has 2 unspecified atom stereocenters. The molecule has 3 heteroatoms. The molecule has 1 aliphatic carbocycles. The Morgan fingerprint density at radius 1 is 0.778 bits per heavy atom. The van der Waals surface area contributed by atoms with Crippen LogP contribution in [-0.4, -0.2) is 14.5 Å². The largest absolute Gasteiger partial charge is 0.331 e. The van der Waals surface area contributed by atoms with Crippen LogP contribution >= 0.6 is 0 Å². The second kappa shape index (κ2) is 5.40. The van der Waals surface area contributed by atoms with E-state index in [1.807, 2.05) is 0 Å². The van der Waals surface area contributed by atoms with Gasteiger partial charge in [-0.2, -0.15) is 0 Å². The first kappa shape index (κ1) is 14.9. The minimum atomic E-state index is 0.454. The summed E-state index contributed by atoms with van der Waals surface area (Å²) >= 11 is 0. The maximum Gasteiger partial charge on any atom is 0.113 e. The summed E-state index contributed by atoms with van der Waals surface area (Å²) in [6.45, 7) is 0. The molecule has 0 radical (unpaired) electrons. The standard InChI is InChI=1S/C24H19N3/c1-27-22-13-11-15-6-2-4-8-17(15)23(22)26-24(27)19-14-18(19)21-12-10-16-7-3-5-9-20(16)25-21/h2-13,18-19H,14H2,1H3. The third-order valence-corrected chi connectivity index (χ3v) is 5.93. The van der Waals surface area contributed by atoms with E-state index in [1.54, 1.807) is 0 Å². The van der Waals surface area contributed by atoms with Crippen LogP contribution in [0.4, 0.5) is 0 Å². The first-order valence-corrected chi connectivity index (χ1v) is 9.49. The monoisotopic (exact) mass is 349 g/mol. The highest BCUT2D eigenvalue weighted by Crippen LogP contribution is 2.54. The van der Waals surface area contributed by atoms with E-state index in [1.165, 1.54) is 33.2 Å². The van der Waals surface area contributed by atoms with Crippen LogP contribution in [0.25, 0.3) is 32.7 Å². The van der Waals surface area contributed by atoms with E-state index >= 15 is 0 Å². The van der Waals surface area contributed by atoms with Gasteiger partial charge in [-0.15, -0.1) is 0 Å². The molecule has 2 atom stereocenters. The normalized spacial score (nSPS) is 19.1. The van der Waals surface area contributed by atoms with Gasteiger partial charge in [0.1, 0.15) is 5.82 Å². The number of fused-ring (bicyclic) bond motifs is 4. The molecular formula is C24H19N3. The van der Waals surface area contributed by atoms with Gasteiger partial charge in [0.25, 0.3) is 0 Å². The number of para-hydroxylation sites is 1. The molecule has 3 nitrogen and oxygen atoms in total. The first-order valence-electron chi connectivity index (χ1n) is 9.49. The SMILES string of the molecule is Cn1c(C2CC2c2ccc3ccccc3n2)nc2c3ccccc3ccc21. The third kappa shape index (κ3) is 2.21. The van der Waals surface area contributed by atoms with Crippen molar-refractivity contribution in [3.8, 4) is 0 Å². The van der Waals surface area contributed by atoms with Crippen molar-refractivity contribution < 1.29 is 0 Å². The predicted octanol–water partition coefficient (Wildman–Crippen LogP) is 5.55. The summed E-state index contributed by atoms with van der Waals surface area (Å²) in [4.78, 5) is 9.99. The molecule has 1 fully saturated rings. The van der Waals surface area contributed by atoms with Crippen LogP contribution in [0.3, 0.4) is 0 Å². The Hall–Kier alpha value is -3.20. The summed E-state index contributed by atoms with van der Waals surface area (Å²) in [5.74, 6) is 2.10. The molecule has 1 aliphatic rings. The highest BCUT2D eigenvalue weighted by molar-refractivity contribution is 6.04. The number of pyridine rings is 1. The van der Waals surface area contributed by atoms with E-state index in [2.05, 4.69) is 84.4 Å². The van der Waals surface area contributed by atoms with Gasteiger partial charge in [0.15, 0.2) is 0 Å². The van der Waals surface area contributed by atoms with Crippen molar-refractivity contribution in [3.63, 3.8) is 0 Å². The highest BCUT2D eigenvalue weighted by atomic mass is 15.1. The lowest BCUT2D eigenvalue weighted by Gasteiger charge is -2.04. The lowest BCUT2D eigenvalue weighted by Crippen LogP contribution is -1.97. The average Bonchev–Trinajstić information content (AvgIpc) is 3.44. The van der Waals surface area contributed by atoms with E-state index in [9.17, 15) is 0 Å². The van der Waals surface area contributed by atoms with Crippen molar-refractivity contribution in [2.75, 3.05) is 0 Å². The van der Waals surface area contributed by atoms with Gasteiger partial charge in [-0.3, -0.25) is 4.98 Å². The van der Waals surface area contributed by atoms with E-state index in [4.69, 9.17) is 9.97 Å². The van der Waals surface area contributed by atoms with E-state index in [0.717, 1.165) is 17.5 Å². The van der Waals surface area contributed by atoms with Crippen molar-refractivity contribution in [1.82, 2.24) is 14.5 Å². The van der Waals surface area contributed by atoms with Crippen LogP contribution in [0.5, 0.6) is 0 Å². The van der Waals surface area contributed by atoms with Crippen molar-refractivity contribution >= 4 is 32.7 Å². The topological polar surface area (TPSA) is 30.7 Å². The van der Waals surface area contributed by atoms with Crippen molar-refractivity contribution in [2.24, 2.45) is 7.05 Å². The maximum absolute atomic E-state index is 5.08. The fourth-order valence-electron chi connectivity index (χ4n) is 4.37. The summed E-state index contributed by atoms with van der Waals surface area (Å²) in [7, 11) is 2.14. The van der Waals surface area contributed by atoms with Gasteiger partial charge in [-0.1, -0.05) is 54.6 Å². The molecule has 0 N–H and O–H groups in total. The van der Waals surface area contributed by atoms with Gasteiger partial charge in [0.2, 0.25) is 0 Å². The Bertz CT molecular complexity index is 1330. The average molecular weight is 349 g/mol. The maximum atomic E-state index is 5.08. The molecule has 0 spiro atoms. The molecule has 2 heterocycles. The second-order valence-electron chi connectivity index (χ2n) is 7.56. The summed E-state index contributed by atoms with van der Waals surface area (Å²) in [6, 6.07) is 25.6. The number of aromatic nitrogens is 3. The Kier molecular flexibility index (Phi) is 2.98. The Morgan fingerprint density at radius 2 is 1.56 bits per heavy atom. The smallest absolute Gasteiger partial charge is 0.113 e. The Labute approximate surface area is 157 Å². The van der Waals surface area contributed by atoms with Crippen LogP contribution < -0.4 is 0 Å². The van der Waals surface area contributed by atoms with Gasteiger partial charge in [0.05, 0.1) is 16.6 Å². The third-order valence-electron chi connectivity index (χ3n) is 5.93. The minimum Gasteiger partial charge on any atom is -0.331 e. The zero-order valence-electron chi connectivity index (χ0n) is 15.1. The van der Waals surface area contributed by atoms with Gasteiger partial charge >= 0.3 is 0 Å². The molecule has 2 aromatic heterocycles. The van der Waals surface area contributed by atoms with Crippen LogP contribution in [0.2, 0.25) is 0 Å². The molecule has 1 saturated carbocycles. The van der Waals surface area contributed by atoms with Gasteiger partial charge in [-0.05, 0) is 30.0 Å². The predicted molar refractivity (Wildman–Crippen MR) is 110 cm³/mol. The summed E-state index contributed by atoms with van der Waals surface area (Å²) < 4.78 is 2.27. The molecule has 6 rings (SSSR count). The molecular weight excluding hydrogens is 330 g/mol. The molecule has 130 valence electrons. The summed E-state index contributed by atoms with van der Waals surface area (Å²) in [6.07, 6.45) is 1.13. The fraction of sp³-hybridized carbons (Fsp3) is 0.167. The minimum absolute atomic E-state index is 0.454. The van der Waals surface area contributed by atoms with E-state index in [-0.39, 0.29) is 0 Å². The number of hydrogen-bond donors (Lipinski definition) is 0.